The molecule has 0 bridgehead atoms. The Morgan fingerprint density at radius 2 is 1.55 bits per heavy atom. The molecule has 3 aromatic rings. The zero-order valence-corrected chi connectivity index (χ0v) is 22.0. The van der Waals surface area contributed by atoms with Gasteiger partial charge in [0, 0.05) is 5.56 Å². The number of aliphatic carboxylic acids is 1. The van der Waals surface area contributed by atoms with Crippen molar-refractivity contribution in [2.24, 2.45) is 0 Å². The summed E-state index contributed by atoms with van der Waals surface area (Å²) in [6, 6.07) is 19.1. The highest BCUT2D eigenvalue weighted by Crippen LogP contribution is 2.48. The largest absolute Gasteiger partial charge is 0.496 e. The molecule has 0 amide bonds. The van der Waals surface area contributed by atoms with Crippen LogP contribution in [0.3, 0.4) is 0 Å². The number of ether oxygens (including phenoxy) is 4. The molecule has 5 rings (SSSR count). The van der Waals surface area contributed by atoms with Gasteiger partial charge in [-0.05, 0) is 79.1 Å². The molecule has 0 spiro atoms. The number of benzene rings is 3. The van der Waals surface area contributed by atoms with Crippen LogP contribution in [0, 0.1) is 6.92 Å². The van der Waals surface area contributed by atoms with Crippen molar-refractivity contribution in [3.05, 3.63) is 88.5 Å². The first kappa shape index (κ1) is 26.1. The smallest absolute Gasteiger partial charge is 0.314 e. The molecule has 2 N–H and O–H groups in total. The molecule has 3 aromatic carbocycles. The van der Waals surface area contributed by atoms with E-state index in [4.69, 9.17) is 18.9 Å². The molecule has 7 nitrogen and oxygen atoms in total. The average molecular weight is 519 g/mol. The maximum absolute atomic E-state index is 11.7. The Bertz CT molecular complexity index is 1250. The Morgan fingerprint density at radius 1 is 0.974 bits per heavy atom. The summed E-state index contributed by atoms with van der Waals surface area (Å²) in [5.41, 5.74) is 4.00. The maximum Gasteiger partial charge on any atom is 0.314 e. The predicted octanol–water partition coefficient (Wildman–Crippen LogP) is 4.79. The molecular weight excluding hydrogens is 484 g/mol. The second-order valence-electron chi connectivity index (χ2n) is 10.2. The number of rotatable bonds is 11. The van der Waals surface area contributed by atoms with Gasteiger partial charge in [0.25, 0.3) is 0 Å². The highest BCUT2D eigenvalue weighted by molar-refractivity contribution is 5.84. The highest BCUT2D eigenvalue weighted by Gasteiger charge is 2.51. The number of hydrogen-bond acceptors (Lipinski definition) is 6. The number of aliphatic hydroxyl groups is 1. The summed E-state index contributed by atoms with van der Waals surface area (Å²) in [4.78, 5) is 11.7. The first-order valence-corrected chi connectivity index (χ1v) is 12.9. The molecule has 2 atom stereocenters. The lowest BCUT2D eigenvalue weighted by atomic mass is 9.96. The van der Waals surface area contributed by atoms with Crippen molar-refractivity contribution in [3.63, 3.8) is 0 Å². The summed E-state index contributed by atoms with van der Waals surface area (Å²) in [6.45, 7) is 2.01. The zero-order chi connectivity index (χ0) is 26.9. The molecule has 0 aromatic heterocycles. The summed E-state index contributed by atoms with van der Waals surface area (Å²) < 4.78 is 23.6. The van der Waals surface area contributed by atoms with Crippen molar-refractivity contribution >= 4 is 5.97 Å². The predicted molar refractivity (Wildman–Crippen MR) is 142 cm³/mol. The molecule has 38 heavy (non-hydrogen) atoms. The van der Waals surface area contributed by atoms with Crippen LogP contribution in [0.4, 0.5) is 0 Å². The summed E-state index contributed by atoms with van der Waals surface area (Å²) >= 11 is 0. The third kappa shape index (κ3) is 5.08. The third-order valence-electron chi connectivity index (χ3n) is 7.83. The topological polar surface area (TPSA) is 94.5 Å². The molecule has 0 aliphatic heterocycles. The molecule has 0 unspecified atom stereocenters. The lowest BCUT2D eigenvalue weighted by Gasteiger charge is -2.28. The molecule has 200 valence electrons. The van der Waals surface area contributed by atoms with Crippen LogP contribution in [-0.2, 0) is 27.8 Å². The highest BCUT2D eigenvalue weighted by atomic mass is 16.5. The van der Waals surface area contributed by atoms with Crippen LogP contribution in [0.15, 0.2) is 60.7 Å². The van der Waals surface area contributed by atoms with Gasteiger partial charge in [0.15, 0.2) is 0 Å². The number of fused-ring (bicyclic) bond motifs is 1. The molecule has 1 saturated carbocycles. The van der Waals surface area contributed by atoms with Crippen LogP contribution in [0.5, 0.6) is 17.2 Å². The number of carboxylic acids is 1. The van der Waals surface area contributed by atoms with Crippen LogP contribution < -0.4 is 14.2 Å². The molecular formula is C31H34O7. The molecule has 2 aliphatic carbocycles. The number of methoxy groups -OCH3 is 2. The minimum absolute atomic E-state index is 0.0856. The number of carbonyl (C=O) groups is 1. The van der Waals surface area contributed by atoms with E-state index in [-0.39, 0.29) is 12.7 Å². The Hall–Kier alpha value is -3.55. The minimum Gasteiger partial charge on any atom is -0.496 e. The maximum atomic E-state index is 11.7. The Morgan fingerprint density at radius 3 is 2.05 bits per heavy atom. The zero-order valence-electron chi connectivity index (χ0n) is 22.0. The van der Waals surface area contributed by atoms with Gasteiger partial charge in [-0.2, -0.15) is 0 Å². The van der Waals surface area contributed by atoms with Gasteiger partial charge in [0.1, 0.15) is 36.1 Å². The van der Waals surface area contributed by atoms with Crippen molar-refractivity contribution in [3.8, 4) is 17.2 Å². The molecule has 0 heterocycles. The van der Waals surface area contributed by atoms with Crippen LogP contribution in [-0.4, -0.2) is 49.2 Å². The van der Waals surface area contributed by atoms with E-state index in [1.165, 1.54) is 11.1 Å². The third-order valence-corrected chi connectivity index (χ3v) is 7.83. The quantitative estimate of drug-likeness (QED) is 0.377. The number of carboxylic acid groups (broad SMARTS) is 1. The second-order valence-corrected chi connectivity index (χ2v) is 10.2. The first-order chi connectivity index (χ1) is 18.3. The van der Waals surface area contributed by atoms with E-state index >= 15 is 0 Å². The summed E-state index contributed by atoms with van der Waals surface area (Å²) in [7, 11) is 3.18. The SMILES string of the molecule is COc1cc([C@@H](O)[C@H](COc2ccc(C3(C(=O)O)CC3)cc2)OC2Cc3ccccc3C2)cc(OC)c1C. The normalized spacial score (nSPS) is 17.4. The van der Waals surface area contributed by atoms with Gasteiger partial charge in [-0.15, -0.1) is 0 Å². The fraction of sp³-hybridized carbons (Fsp3) is 0.387. The summed E-state index contributed by atoms with van der Waals surface area (Å²) in [5.74, 6) is 1.04. The molecule has 1 fully saturated rings. The lowest BCUT2D eigenvalue weighted by molar-refractivity contribution is -0.140. The molecule has 0 radical (unpaired) electrons. The van der Waals surface area contributed by atoms with Crippen molar-refractivity contribution < 1.29 is 34.0 Å². The Labute approximate surface area is 222 Å². The van der Waals surface area contributed by atoms with Crippen molar-refractivity contribution in [1.82, 2.24) is 0 Å². The fourth-order valence-corrected chi connectivity index (χ4v) is 5.36. The Kier molecular flexibility index (Phi) is 7.32. The van der Waals surface area contributed by atoms with E-state index in [1.807, 2.05) is 31.2 Å². The number of aliphatic hydroxyl groups excluding tert-OH is 1. The van der Waals surface area contributed by atoms with E-state index in [0.717, 1.165) is 24.0 Å². The van der Waals surface area contributed by atoms with Crippen LogP contribution in [0.1, 0.15) is 46.8 Å². The van der Waals surface area contributed by atoms with E-state index in [1.54, 1.807) is 38.5 Å². The van der Waals surface area contributed by atoms with Gasteiger partial charge in [-0.25, -0.2) is 0 Å². The second kappa shape index (κ2) is 10.7. The Balaban J connectivity index is 1.35. The first-order valence-electron chi connectivity index (χ1n) is 12.9. The van der Waals surface area contributed by atoms with Gasteiger partial charge in [0.2, 0.25) is 0 Å². The fourth-order valence-electron chi connectivity index (χ4n) is 5.36. The van der Waals surface area contributed by atoms with Gasteiger partial charge in [0.05, 0.1) is 25.7 Å². The number of hydrogen-bond donors (Lipinski definition) is 2. The van der Waals surface area contributed by atoms with Crippen molar-refractivity contribution in [1.29, 1.82) is 0 Å². The molecule has 7 heteroatoms. The van der Waals surface area contributed by atoms with Crippen molar-refractivity contribution in [2.75, 3.05) is 20.8 Å². The molecule has 2 aliphatic rings. The van der Waals surface area contributed by atoms with E-state index in [9.17, 15) is 15.0 Å². The van der Waals surface area contributed by atoms with Crippen LogP contribution >= 0.6 is 0 Å². The van der Waals surface area contributed by atoms with E-state index in [2.05, 4.69) is 12.1 Å². The van der Waals surface area contributed by atoms with Crippen molar-refractivity contribution in [2.45, 2.75) is 56.3 Å². The van der Waals surface area contributed by atoms with Gasteiger partial charge in [-0.3, -0.25) is 4.79 Å². The van der Waals surface area contributed by atoms with Gasteiger partial charge in [-0.1, -0.05) is 36.4 Å². The minimum atomic E-state index is -0.997. The lowest BCUT2D eigenvalue weighted by Crippen LogP contribution is -2.33. The monoisotopic (exact) mass is 518 g/mol. The summed E-state index contributed by atoms with van der Waals surface area (Å²) in [6.07, 6.45) is 1.09. The van der Waals surface area contributed by atoms with Gasteiger partial charge < -0.3 is 29.2 Å². The van der Waals surface area contributed by atoms with Crippen LogP contribution in [0.25, 0.3) is 0 Å². The standard InChI is InChI=1S/C31H34O7/c1-19-26(35-2)16-22(17-27(19)36-3)29(32)28(38-25-14-20-6-4-5-7-21(20)15-25)18-37-24-10-8-23(9-11-24)31(12-13-31)30(33)34/h4-11,16-17,25,28-29,32H,12-15,18H2,1-3H3,(H,33,34)/t28-,29+/m0/s1. The van der Waals surface area contributed by atoms with E-state index in [0.29, 0.717) is 35.7 Å². The molecule has 0 saturated heterocycles. The average Bonchev–Trinajstić information content (AvgIpc) is 3.65. The summed E-state index contributed by atoms with van der Waals surface area (Å²) in [5, 5.41) is 21.1. The van der Waals surface area contributed by atoms with Gasteiger partial charge >= 0.3 is 5.97 Å². The van der Waals surface area contributed by atoms with E-state index < -0.39 is 23.6 Å². The van der Waals surface area contributed by atoms with Crippen LogP contribution in [0.2, 0.25) is 0 Å².